The van der Waals surface area contributed by atoms with Crippen molar-refractivity contribution in [2.75, 3.05) is 5.32 Å². The maximum atomic E-state index is 12.6. The predicted molar refractivity (Wildman–Crippen MR) is 81.1 cm³/mol. The van der Waals surface area contributed by atoms with E-state index in [0.29, 0.717) is 10.8 Å². The van der Waals surface area contributed by atoms with Crippen LogP contribution in [0.25, 0.3) is 5.57 Å². The lowest BCUT2D eigenvalue weighted by molar-refractivity contribution is -0.838. The summed E-state index contributed by atoms with van der Waals surface area (Å²) in [6.45, 7) is 1.84. The van der Waals surface area contributed by atoms with Gasteiger partial charge < -0.3 is 5.32 Å². The molecule has 0 aliphatic heterocycles. The van der Waals surface area contributed by atoms with Gasteiger partial charge in [0, 0.05) is 5.38 Å². The molecule has 0 atom stereocenters. The second-order valence-electron chi connectivity index (χ2n) is 4.45. The summed E-state index contributed by atoms with van der Waals surface area (Å²) in [4.78, 5) is 7.81. The van der Waals surface area contributed by atoms with Crippen molar-refractivity contribution < 1.29 is 23.9 Å². The fourth-order valence-electron chi connectivity index (χ4n) is 1.62. The molecule has 0 bridgehead atoms. The van der Waals surface area contributed by atoms with Crippen molar-refractivity contribution in [3.8, 4) is 0 Å². The van der Waals surface area contributed by atoms with Gasteiger partial charge in [0.15, 0.2) is 5.13 Å². The van der Waals surface area contributed by atoms with Crippen molar-refractivity contribution in [2.24, 2.45) is 0 Å². The van der Waals surface area contributed by atoms with Crippen molar-refractivity contribution in [3.63, 3.8) is 0 Å². The van der Waals surface area contributed by atoms with E-state index in [9.17, 15) is 13.2 Å². The number of quaternary nitrogens is 1. The summed E-state index contributed by atoms with van der Waals surface area (Å²) in [7, 11) is 0. The Morgan fingerprint density at radius 2 is 2.13 bits per heavy atom. The molecular weight excluding hydrogens is 329 g/mol. The molecule has 0 saturated carbocycles. The largest absolute Gasteiger partial charge is 0.433 e. The summed E-state index contributed by atoms with van der Waals surface area (Å²) in [5.74, 6) is 0.0807. The molecule has 0 aliphatic carbocycles. The minimum Gasteiger partial charge on any atom is -0.316 e. The van der Waals surface area contributed by atoms with E-state index in [0.717, 1.165) is 17.1 Å². The van der Waals surface area contributed by atoms with Gasteiger partial charge in [0.25, 0.3) is 0 Å². The quantitative estimate of drug-likeness (QED) is 0.576. The molecule has 0 aliphatic rings. The van der Waals surface area contributed by atoms with Crippen LogP contribution in [0.15, 0.2) is 41.9 Å². The van der Waals surface area contributed by atoms with Crippen LogP contribution in [-0.4, -0.2) is 15.2 Å². The smallest absolute Gasteiger partial charge is 0.316 e. The molecule has 0 unspecified atom stereocenters. The molecule has 0 fully saturated rings. The number of hydrogen-bond donors (Lipinski definition) is 3. The van der Waals surface area contributed by atoms with Crippen LogP contribution >= 0.6 is 11.3 Å². The van der Waals surface area contributed by atoms with Gasteiger partial charge in [-0.3, -0.25) is 0 Å². The highest BCUT2D eigenvalue weighted by Crippen LogP contribution is 2.29. The number of aromatic nitrogens is 2. The molecule has 0 saturated heterocycles. The monoisotopic (exact) mass is 343 g/mol. The summed E-state index contributed by atoms with van der Waals surface area (Å²) in [5, 5.41) is 13.5. The lowest BCUT2D eigenvalue weighted by atomic mass is 10.2. The first-order valence-electron chi connectivity index (χ1n) is 6.48. The Balaban J connectivity index is 2.13. The molecule has 9 heteroatoms. The van der Waals surface area contributed by atoms with Gasteiger partial charge in [-0.05, 0) is 30.7 Å². The number of halogens is 3. The Hall–Kier alpha value is -2.23. The molecule has 2 aromatic rings. The van der Waals surface area contributed by atoms with E-state index in [-0.39, 0.29) is 5.82 Å². The number of allylic oxidation sites excluding steroid dienone is 3. The number of nitrogens with zero attached hydrogens (tertiary/aromatic N) is 2. The van der Waals surface area contributed by atoms with E-state index in [4.69, 9.17) is 5.21 Å². The molecule has 0 radical (unpaired) electrons. The van der Waals surface area contributed by atoms with Crippen molar-refractivity contribution in [3.05, 3.63) is 53.3 Å². The second kappa shape index (κ2) is 7.36. The topological polar surface area (TPSA) is 74.7 Å². The zero-order chi connectivity index (χ0) is 16.9. The average Bonchev–Trinajstić information content (AvgIpc) is 2.95. The van der Waals surface area contributed by atoms with Crippen LogP contribution in [0.3, 0.4) is 0 Å². The van der Waals surface area contributed by atoms with E-state index >= 15 is 0 Å². The highest BCUT2D eigenvalue weighted by molar-refractivity contribution is 7.13. The predicted octanol–water partition coefficient (Wildman–Crippen LogP) is 3.17. The van der Waals surface area contributed by atoms with E-state index < -0.39 is 11.9 Å². The summed E-state index contributed by atoms with van der Waals surface area (Å²) in [6.07, 6.45) is 0.382. The van der Waals surface area contributed by atoms with Gasteiger partial charge in [-0.2, -0.15) is 18.7 Å². The normalized spacial score (nSPS) is 12.8. The number of pyridine rings is 1. The van der Waals surface area contributed by atoms with E-state index in [1.54, 1.807) is 17.5 Å². The molecule has 0 aromatic carbocycles. The molecule has 2 aromatic heterocycles. The third kappa shape index (κ3) is 4.88. The van der Waals surface area contributed by atoms with Crippen LogP contribution in [-0.2, 0) is 6.18 Å². The maximum Gasteiger partial charge on any atom is 0.433 e. The van der Waals surface area contributed by atoms with Gasteiger partial charge in [0.1, 0.15) is 17.7 Å². The fourth-order valence-corrected chi connectivity index (χ4v) is 2.40. The molecule has 0 amide bonds. The zero-order valence-corrected chi connectivity index (χ0v) is 12.8. The molecule has 2 rings (SSSR count). The molecule has 23 heavy (non-hydrogen) atoms. The number of anilines is 2. The standard InChI is InChI=1S/C14H13F3N4OS/c1-9(4-3-7-18-22)10-8-23-13(19-10)21-12-6-2-5-11(20-12)14(15,16)17/h2-8,18,22H,1H3,(H,19,20,21)/p+1/b7-3-,9-4+. The maximum absolute atomic E-state index is 12.6. The van der Waals surface area contributed by atoms with Crippen LogP contribution in [0, 0.1) is 0 Å². The lowest BCUT2D eigenvalue weighted by Gasteiger charge is -2.07. The number of hydroxylamine groups is 1. The minimum atomic E-state index is -4.49. The molecule has 0 spiro atoms. The van der Waals surface area contributed by atoms with Crippen LogP contribution in [0.2, 0.25) is 0 Å². The van der Waals surface area contributed by atoms with E-state index in [1.165, 1.54) is 29.7 Å². The second-order valence-corrected chi connectivity index (χ2v) is 5.31. The van der Waals surface area contributed by atoms with Gasteiger partial charge in [0.2, 0.25) is 0 Å². The molecule has 122 valence electrons. The van der Waals surface area contributed by atoms with Gasteiger partial charge in [-0.25, -0.2) is 15.2 Å². The van der Waals surface area contributed by atoms with Crippen LogP contribution in [0.1, 0.15) is 18.3 Å². The first-order valence-corrected chi connectivity index (χ1v) is 7.36. The number of rotatable bonds is 5. The number of nitrogens with one attached hydrogen (secondary N) is 1. The first kappa shape index (κ1) is 17.1. The van der Waals surface area contributed by atoms with Gasteiger partial charge in [0.05, 0.1) is 5.69 Å². The molecular formula is C14H14F3N4OS+. The average molecular weight is 343 g/mol. The number of nitrogens with two attached hydrogens (primary N) is 1. The number of thiazole rings is 1. The highest BCUT2D eigenvalue weighted by atomic mass is 32.1. The fraction of sp³-hybridized carbons (Fsp3) is 0.143. The SMILES string of the molecule is C/C(=C\C=C/[NH2+]O)c1csc(Nc2cccc(C(F)(F)F)n2)n1. The minimum absolute atomic E-state index is 0.0807. The summed E-state index contributed by atoms with van der Waals surface area (Å²) in [5.41, 5.74) is 1.49. The Labute approximate surface area is 134 Å². The van der Waals surface area contributed by atoms with Crippen molar-refractivity contribution in [1.82, 2.24) is 9.97 Å². The van der Waals surface area contributed by atoms with Crippen LogP contribution in [0.4, 0.5) is 24.1 Å². The Morgan fingerprint density at radius 3 is 2.83 bits per heavy atom. The van der Waals surface area contributed by atoms with Crippen molar-refractivity contribution >= 4 is 27.9 Å². The van der Waals surface area contributed by atoms with Crippen molar-refractivity contribution in [2.45, 2.75) is 13.1 Å². The molecule has 2 heterocycles. The van der Waals surface area contributed by atoms with Crippen LogP contribution in [0.5, 0.6) is 0 Å². The number of hydrogen-bond acceptors (Lipinski definition) is 5. The third-order valence-electron chi connectivity index (χ3n) is 2.73. The Kier molecular flexibility index (Phi) is 5.48. The van der Waals surface area contributed by atoms with E-state index in [1.807, 2.05) is 6.92 Å². The first-order chi connectivity index (χ1) is 10.9. The van der Waals surface area contributed by atoms with Crippen LogP contribution < -0.4 is 10.8 Å². The highest BCUT2D eigenvalue weighted by Gasteiger charge is 2.32. The summed E-state index contributed by atoms with van der Waals surface area (Å²) >= 11 is 1.26. The third-order valence-corrected chi connectivity index (χ3v) is 3.48. The van der Waals surface area contributed by atoms with E-state index in [2.05, 4.69) is 15.3 Å². The summed E-state index contributed by atoms with van der Waals surface area (Å²) in [6, 6.07) is 3.64. The zero-order valence-electron chi connectivity index (χ0n) is 12.0. The van der Waals surface area contributed by atoms with Gasteiger partial charge >= 0.3 is 6.18 Å². The molecule has 4 N–H and O–H groups in total. The van der Waals surface area contributed by atoms with Gasteiger partial charge in [-0.1, -0.05) is 12.1 Å². The lowest BCUT2D eigenvalue weighted by Crippen LogP contribution is -2.73. The number of alkyl halides is 3. The summed E-state index contributed by atoms with van der Waals surface area (Å²) < 4.78 is 37.9. The Bertz CT molecular complexity index is 725. The van der Waals surface area contributed by atoms with Gasteiger partial charge in [-0.15, -0.1) is 11.3 Å². The molecule has 5 nitrogen and oxygen atoms in total. The Morgan fingerprint density at radius 1 is 1.35 bits per heavy atom. The van der Waals surface area contributed by atoms with Crippen molar-refractivity contribution in [1.29, 1.82) is 0 Å².